The van der Waals surface area contributed by atoms with Crippen LogP contribution in [0.4, 0.5) is 0 Å². The molecular weight excluding hydrogens is 174 g/mol. The molecule has 1 atom stereocenters. The van der Waals surface area contributed by atoms with Crippen molar-refractivity contribution in [1.82, 2.24) is 4.57 Å². The van der Waals surface area contributed by atoms with Crippen LogP contribution in [-0.4, -0.2) is 16.3 Å². The van der Waals surface area contributed by atoms with E-state index in [0.29, 0.717) is 5.92 Å². The van der Waals surface area contributed by atoms with Crippen LogP contribution in [-0.2, 0) is 6.54 Å². The Morgan fingerprint density at radius 3 is 2.71 bits per heavy atom. The van der Waals surface area contributed by atoms with E-state index < -0.39 is 0 Å². The van der Waals surface area contributed by atoms with Crippen LogP contribution in [0.3, 0.4) is 0 Å². The average molecular weight is 195 g/mol. The number of hydrogen-bond donors (Lipinski definition) is 1. The summed E-state index contributed by atoms with van der Waals surface area (Å²) >= 11 is 0. The fourth-order valence-corrected chi connectivity index (χ4v) is 2.01. The molecule has 0 amide bonds. The lowest BCUT2D eigenvalue weighted by Gasteiger charge is -2.15. The summed E-state index contributed by atoms with van der Waals surface area (Å²) in [5, 5.41) is 8.98. The van der Waals surface area contributed by atoms with Crippen molar-refractivity contribution in [3.8, 4) is 0 Å². The van der Waals surface area contributed by atoms with E-state index >= 15 is 0 Å². The second-order valence-corrected chi connectivity index (χ2v) is 3.96. The van der Waals surface area contributed by atoms with Crippen LogP contribution in [0.1, 0.15) is 44.0 Å². The zero-order chi connectivity index (χ0) is 10.6. The van der Waals surface area contributed by atoms with Crippen LogP contribution in [0.25, 0.3) is 0 Å². The molecular formula is C12H21NO. The predicted octanol–water partition coefficient (Wildman–Crippen LogP) is 2.69. The number of rotatable bonds is 5. The minimum atomic E-state index is 0.224. The molecule has 1 N–H and O–H groups in total. The first-order chi connectivity index (χ1) is 6.70. The summed E-state index contributed by atoms with van der Waals surface area (Å²) in [5.41, 5.74) is 2.61. The van der Waals surface area contributed by atoms with Gasteiger partial charge in [0, 0.05) is 17.9 Å². The summed E-state index contributed by atoms with van der Waals surface area (Å²) in [5.74, 6) is 0.597. The molecule has 0 aliphatic heterocycles. The topological polar surface area (TPSA) is 25.2 Å². The van der Waals surface area contributed by atoms with Crippen molar-refractivity contribution in [1.29, 1.82) is 0 Å². The van der Waals surface area contributed by atoms with Crippen LogP contribution in [0, 0.1) is 6.92 Å². The normalized spacial score (nSPS) is 13.1. The molecule has 0 aliphatic rings. The molecule has 1 aromatic rings. The average Bonchev–Trinajstić information content (AvgIpc) is 2.50. The Balaban J connectivity index is 2.84. The lowest BCUT2D eigenvalue weighted by Crippen LogP contribution is -2.10. The van der Waals surface area contributed by atoms with E-state index in [1.165, 1.54) is 24.2 Å². The van der Waals surface area contributed by atoms with E-state index in [4.69, 9.17) is 5.11 Å². The van der Waals surface area contributed by atoms with Crippen molar-refractivity contribution >= 4 is 0 Å². The maximum absolute atomic E-state index is 8.98. The first-order valence-corrected chi connectivity index (χ1v) is 5.47. The van der Waals surface area contributed by atoms with Gasteiger partial charge in [-0.25, -0.2) is 0 Å². The highest BCUT2D eigenvalue weighted by molar-refractivity contribution is 5.18. The lowest BCUT2D eigenvalue weighted by atomic mass is 10.0. The molecule has 0 aromatic carbocycles. The molecule has 0 fully saturated rings. The van der Waals surface area contributed by atoms with Crippen molar-refractivity contribution in [3.63, 3.8) is 0 Å². The first kappa shape index (κ1) is 11.3. The quantitative estimate of drug-likeness (QED) is 0.767. The van der Waals surface area contributed by atoms with Crippen molar-refractivity contribution in [2.45, 2.75) is 46.1 Å². The fourth-order valence-electron chi connectivity index (χ4n) is 2.01. The zero-order valence-electron chi connectivity index (χ0n) is 9.45. The summed E-state index contributed by atoms with van der Waals surface area (Å²) < 4.78 is 2.22. The Morgan fingerprint density at radius 1 is 1.43 bits per heavy atom. The maximum Gasteiger partial charge on any atom is 0.0610 e. The van der Waals surface area contributed by atoms with Crippen LogP contribution in [0.2, 0.25) is 0 Å². The summed E-state index contributed by atoms with van der Waals surface area (Å²) in [6, 6.07) is 4.32. The van der Waals surface area contributed by atoms with Gasteiger partial charge in [0.25, 0.3) is 0 Å². The van der Waals surface area contributed by atoms with Gasteiger partial charge >= 0.3 is 0 Å². The van der Waals surface area contributed by atoms with Crippen LogP contribution in [0.5, 0.6) is 0 Å². The number of aryl methyl sites for hydroxylation is 1. The third-order valence-electron chi connectivity index (χ3n) is 2.78. The summed E-state index contributed by atoms with van der Waals surface area (Å²) in [7, 11) is 0. The van der Waals surface area contributed by atoms with Crippen molar-refractivity contribution in [2.24, 2.45) is 0 Å². The van der Waals surface area contributed by atoms with E-state index in [1.54, 1.807) is 0 Å². The molecule has 1 aromatic heterocycles. The Bertz CT molecular complexity index is 278. The Morgan fingerprint density at radius 2 is 2.14 bits per heavy atom. The molecule has 0 radical (unpaired) electrons. The largest absolute Gasteiger partial charge is 0.395 e. The predicted molar refractivity (Wildman–Crippen MR) is 59.6 cm³/mol. The van der Waals surface area contributed by atoms with E-state index in [9.17, 15) is 0 Å². The number of nitrogens with zero attached hydrogens (tertiary/aromatic N) is 1. The van der Waals surface area contributed by atoms with Gasteiger partial charge in [0.1, 0.15) is 0 Å². The minimum absolute atomic E-state index is 0.224. The van der Waals surface area contributed by atoms with Crippen molar-refractivity contribution < 1.29 is 5.11 Å². The number of aromatic nitrogens is 1. The molecule has 0 spiro atoms. The third-order valence-corrected chi connectivity index (χ3v) is 2.78. The zero-order valence-corrected chi connectivity index (χ0v) is 9.45. The standard InChI is InChI=1S/C12H21NO/c1-4-5-10(2)12-7-6-11(3)13(12)8-9-14/h6-7,10,14H,4-5,8-9H2,1-3H3. The maximum atomic E-state index is 8.98. The second-order valence-electron chi connectivity index (χ2n) is 3.96. The molecule has 2 nitrogen and oxygen atoms in total. The molecule has 1 rings (SSSR count). The number of hydrogen-bond acceptors (Lipinski definition) is 1. The number of aliphatic hydroxyl groups is 1. The van der Waals surface area contributed by atoms with Gasteiger partial charge in [0.2, 0.25) is 0 Å². The van der Waals surface area contributed by atoms with E-state index in [-0.39, 0.29) is 6.61 Å². The molecule has 1 unspecified atom stereocenters. The van der Waals surface area contributed by atoms with Gasteiger partial charge in [-0.2, -0.15) is 0 Å². The molecule has 2 heteroatoms. The molecule has 0 saturated heterocycles. The second kappa shape index (κ2) is 5.20. The highest BCUT2D eigenvalue weighted by atomic mass is 16.3. The summed E-state index contributed by atoms with van der Waals surface area (Å²) in [6.45, 7) is 7.51. The van der Waals surface area contributed by atoms with Gasteiger partial charge in [-0.15, -0.1) is 0 Å². The van der Waals surface area contributed by atoms with Gasteiger partial charge in [-0.3, -0.25) is 0 Å². The minimum Gasteiger partial charge on any atom is -0.395 e. The van der Waals surface area contributed by atoms with Crippen LogP contribution >= 0.6 is 0 Å². The molecule has 80 valence electrons. The lowest BCUT2D eigenvalue weighted by molar-refractivity contribution is 0.272. The Hall–Kier alpha value is -0.760. The summed E-state index contributed by atoms with van der Waals surface area (Å²) in [4.78, 5) is 0. The molecule has 1 heterocycles. The summed E-state index contributed by atoms with van der Waals surface area (Å²) in [6.07, 6.45) is 2.43. The molecule has 0 bridgehead atoms. The van der Waals surface area contributed by atoms with E-state index in [2.05, 4.69) is 37.5 Å². The third kappa shape index (κ3) is 2.38. The van der Waals surface area contributed by atoms with Crippen molar-refractivity contribution in [3.05, 3.63) is 23.5 Å². The Labute approximate surface area is 86.6 Å². The van der Waals surface area contributed by atoms with Gasteiger partial charge in [0.05, 0.1) is 6.61 Å². The first-order valence-electron chi connectivity index (χ1n) is 5.47. The SMILES string of the molecule is CCCC(C)c1ccc(C)n1CCO. The van der Waals surface area contributed by atoms with E-state index in [0.717, 1.165) is 6.54 Å². The smallest absolute Gasteiger partial charge is 0.0610 e. The fraction of sp³-hybridized carbons (Fsp3) is 0.667. The van der Waals surface area contributed by atoms with Gasteiger partial charge < -0.3 is 9.67 Å². The monoisotopic (exact) mass is 195 g/mol. The van der Waals surface area contributed by atoms with Crippen molar-refractivity contribution in [2.75, 3.05) is 6.61 Å². The van der Waals surface area contributed by atoms with Gasteiger partial charge in [0.15, 0.2) is 0 Å². The van der Waals surface area contributed by atoms with Gasteiger partial charge in [-0.05, 0) is 31.4 Å². The molecule has 0 saturated carbocycles. The number of aliphatic hydroxyl groups excluding tert-OH is 1. The van der Waals surface area contributed by atoms with Gasteiger partial charge in [-0.1, -0.05) is 20.3 Å². The highest BCUT2D eigenvalue weighted by Crippen LogP contribution is 2.22. The Kier molecular flexibility index (Phi) is 4.21. The highest BCUT2D eigenvalue weighted by Gasteiger charge is 2.10. The van der Waals surface area contributed by atoms with Crippen LogP contribution in [0.15, 0.2) is 12.1 Å². The van der Waals surface area contributed by atoms with E-state index in [1.807, 2.05) is 0 Å². The molecule has 14 heavy (non-hydrogen) atoms. The molecule has 0 aliphatic carbocycles. The van der Waals surface area contributed by atoms with Crippen LogP contribution < -0.4 is 0 Å².